The number of carbonyl (C=O) groups is 2. The van der Waals surface area contributed by atoms with Gasteiger partial charge in [-0.25, -0.2) is 9.78 Å². The fraction of sp³-hybridized carbons (Fsp3) is 0.353. The number of hydrogen-bond acceptors (Lipinski definition) is 4. The Morgan fingerprint density at radius 2 is 2.22 bits per heavy atom. The fourth-order valence-electron chi connectivity index (χ4n) is 2.47. The second-order valence-electron chi connectivity index (χ2n) is 5.88. The molecule has 1 atom stereocenters. The first kappa shape index (κ1) is 15.7. The maximum atomic E-state index is 12.4. The Balaban J connectivity index is 1.75. The molecule has 6 heteroatoms. The average molecular weight is 330 g/mol. The van der Waals surface area contributed by atoms with Gasteiger partial charge < -0.3 is 10.4 Å². The smallest absolute Gasteiger partial charge is 0.326 e. The van der Waals surface area contributed by atoms with Gasteiger partial charge >= 0.3 is 5.97 Å². The quantitative estimate of drug-likeness (QED) is 0.853. The normalized spacial score (nSPS) is 15.2. The second-order valence-corrected chi connectivity index (χ2v) is 6.94. The fourth-order valence-corrected chi connectivity index (χ4v) is 3.09. The first-order valence-corrected chi connectivity index (χ1v) is 8.47. The summed E-state index contributed by atoms with van der Waals surface area (Å²) in [5.74, 6) is -0.899. The van der Waals surface area contributed by atoms with E-state index in [0.29, 0.717) is 17.9 Å². The van der Waals surface area contributed by atoms with E-state index in [1.807, 2.05) is 18.4 Å². The molecule has 2 N–H and O–H groups in total. The predicted molar refractivity (Wildman–Crippen MR) is 88.5 cm³/mol. The summed E-state index contributed by atoms with van der Waals surface area (Å²) in [5, 5.41) is 14.8. The summed E-state index contributed by atoms with van der Waals surface area (Å²) in [6, 6.07) is 6.30. The number of carboxylic acids is 1. The molecule has 0 bridgehead atoms. The molecule has 1 saturated carbocycles. The van der Waals surface area contributed by atoms with Crippen LogP contribution in [0.3, 0.4) is 0 Å². The van der Waals surface area contributed by atoms with Crippen LogP contribution in [0.1, 0.15) is 34.6 Å². The molecule has 1 aromatic carbocycles. The maximum absolute atomic E-state index is 12.4. The minimum atomic E-state index is -0.975. The zero-order valence-corrected chi connectivity index (χ0v) is 13.6. The Labute approximate surface area is 138 Å². The van der Waals surface area contributed by atoms with Crippen LogP contribution >= 0.6 is 11.3 Å². The molecule has 0 saturated heterocycles. The van der Waals surface area contributed by atoms with Gasteiger partial charge in [-0.1, -0.05) is 25.0 Å². The van der Waals surface area contributed by atoms with Crippen LogP contribution in [0.2, 0.25) is 0 Å². The van der Waals surface area contributed by atoms with Gasteiger partial charge in [-0.15, -0.1) is 11.3 Å². The highest BCUT2D eigenvalue weighted by atomic mass is 32.1. The molecule has 0 radical (unpaired) electrons. The van der Waals surface area contributed by atoms with Gasteiger partial charge in [0.1, 0.15) is 6.04 Å². The van der Waals surface area contributed by atoms with Crippen molar-refractivity contribution in [3.8, 4) is 11.3 Å². The summed E-state index contributed by atoms with van der Waals surface area (Å²) in [5.41, 5.74) is 2.14. The van der Waals surface area contributed by atoms with Crippen LogP contribution in [0.15, 0.2) is 29.6 Å². The molecule has 1 heterocycles. The summed E-state index contributed by atoms with van der Waals surface area (Å²) in [4.78, 5) is 28.1. The number of nitrogens with one attached hydrogen (secondary N) is 1. The van der Waals surface area contributed by atoms with E-state index >= 15 is 0 Å². The van der Waals surface area contributed by atoms with Crippen molar-refractivity contribution in [2.45, 2.75) is 32.2 Å². The van der Waals surface area contributed by atoms with E-state index in [0.717, 1.165) is 29.1 Å². The van der Waals surface area contributed by atoms with Crippen molar-refractivity contribution in [1.82, 2.24) is 10.3 Å². The van der Waals surface area contributed by atoms with Crippen LogP contribution < -0.4 is 5.32 Å². The highest BCUT2D eigenvalue weighted by Gasteiger charge is 2.30. The monoisotopic (exact) mass is 330 g/mol. The first-order chi connectivity index (χ1) is 11.0. The average Bonchev–Trinajstić information content (AvgIpc) is 3.25. The number of nitrogens with zero attached hydrogens (tertiary/aromatic N) is 1. The maximum Gasteiger partial charge on any atom is 0.326 e. The number of amides is 1. The SMILES string of the molecule is Cc1nc(-c2cccc(C(=O)NC(CC3CC3)C(=O)O)c2)cs1. The molecule has 23 heavy (non-hydrogen) atoms. The predicted octanol–water partition coefficient (Wildman–Crippen LogP) is 3.10. The Morgan fingerprint density at radius 3 is 2.83 bits per heavy atom. The van der Waals surface area contributed by atoms with Crippen molar-refractivity contribution in [3.05, 3.63) is 40.2 Å². The van der Waals surface area contributed by atoms with Crippen LogP contribution in [0.25, 0.3) is 11.3 Å². The number of hydrogen-bond donors (Lipinski definition) is 2. The molecule has 0 spiro atoms. The molecule has 5 nitrogen and oxygen atoms in total. The van der Waals surface area contributed by atoms with Gasteiger partial charge in [0.2, 0.25) is 0 Å². The molecule has 3 rings (SSSR count). The van der Waals surface area contributed by atoms with Crippen molar-refractivity contribution in [1.29, 1.82) is 0 Å². The van der Waals surface area contributed by atoms with E-state index in [9.17, 15) is 14.7 Å². The molecular weight excluding hydrogens is 312 g/mol. The van der Waals surface area contributed by atoms with Crippen molar-refractivity contribution in [2.75, 3.05) is 0 Å². The van der Waals surface area contributed by atoms with Gasteiger partial charge in [-0.3, -0.25) is 4.79 Å². The summed E-state index contributed by atoms with van der Waals surface area (Å²) in [6.45, 7) is 1.93. The topological polar surface area (TPSA) is 79.3 Å². The first-order valence-electron chi connectivity index (χ1n) is 7.59. The molecular formula is C17H18N2O3S. The van der Waals surface area contributed by atoms with E-state index in [1.54, 1.807) is 29.5 Å². The molecule has 0 aliphatic heterocycles. The van der Waals surface area contributed by atoms with Gasteiger partial charge in [0.05, 0.1) is 10.7 Å². The number of rotatable bonds is 6. The highest BCUT2D eigenvalue weighted by molar-refractivity contribution is 7.09. The number of thiazole rings is 1. The lowest BCUT2D eigenvalue weighted by atomic mass is 10.1. The Hall–Kier alpha value is -2.21. The van der Waals surface area contributed by atoms with Gasteiger partial charge in [0, 0.05) is 16.5 Å². The van der Waals surface area contributed by atoms with Crippen LogP contribution in [-0.2, 0) is 4.79 Å². The number of carboxylic acid groups (broad SMARTS) is 1. The van der Waals surface area contributed by atoms with Gasteiger partial charge in [0.15, 0.2) is 0 Å². The van der Waals surface area contributed by atoms with E-state index < -0.39 is 12.0 Å². The van der Waals surface area contributed by atoms with E-state index in [-0.39, 0.29) is 5.91 Å². The number of carbonyl (C=O) groups excluding carboxylic acids is 1. The third-order valence-electron chi connectivity index (χ3n) is 3.91. The Bertz CT molecular complexity index is 737. The lowest BCUT2D eigenvalue weighted by Gasteiger charge is -2.14. The molecule has 2 aromatic rings. The third kappa shape index (κ3) is 3.96. The van der Waals surface area contributed by atoms with Gasteiger partial charge in [-0.2, -0.15) is 0 Å². The molecule has 1 fully saturated rings. The number of aliphatic carboxylic acids is 1. The molecule has 1 aliphatic carbocycles. The van der Waals surface area contributed by atoms with E-state index in [4.69, 9.17) is 0 Å². The Morgan fingerprint density at radius 1 is 1.43 bits per heavy atom. The number of aromatic nitrogens is 1. The highest BCUT2D eigenvalue weighted by Crippen LogP contribution is 2.33. The zero-order valence-electron chi connectivity index (χ0n) is 12.8. The molecule has 1 aromatic heterocycles. The minimum absolute atomic E-state index is 0.355. The van der Waals surface area contributed by atoms with Crippen molar-refractivity contribution >= 4 is 23.2 Å². The molecule has 1 amide bonds. The lowest BCUT2D eigenvalue weighted by Crippen LogP contribution is -2.41. The minimum Gasteiger partial charge on any atom is -0.480 e. The summed E-state index contributed by atoms with van der Waals surface area (Å²) in [6.07, 6.45) is 2.61. The van der Waals surface area contributed by atoms with E-state index in [1.165, 1.54) is 0 Å². The molecule has 1 aliphatic rings. The van der Waals surface area contributed by atoms with Gasteiger partial charge in [-0.05, 0) is 31.4 Å². The summed E-state index contributed by atoms with van der Waals surface area (Å²) in [7, 11) is 0. The number of aryl methyl sites for hydroxylation is 1. The van der Waals surface area contributed by atoms with Crippen LogP contribution in [0.5, 0.6) is 0 Å². The standard InChI is InChI=1S/C17H18N2O3S/c1-10-18-15(9-23-10)12-3-2-4-13(8-12)16(20)19-14(17(21)22)7-11-5-6-11/h2-4,8-9,11,14H,5-7H2,1H3,(H,19,20)(H,21,22). The van der Waals surface area contributed by atoms with Crippen molar-refractivity contribution < 1.29 is 14.7 Å². The second kappa shape index (κ2) is 6.50. The molecule has 120 valence electrons. The van der Waals surface area contributed by atoms with E-state index in [2.05, 4.69) is 10.3 Å². The zero-order chi connectivity index (χ0) is 16.4. The van der Waals surface area contributed by atoms with Crippen molar-refractivity contribution in [2.24, 2.45) is 5.92 Å². The summed E-state index contributed by atoms with van der Waals surface area (Å²) >= 11 is 1.55. The molecule has 1 unspecified atom stereocenters. The van der Waals surface area contributed by atoms with Gasteiger partial charge in [0.25, 0.3) is 5.91 Å². The third-order valence-corrected chi connectivity index (χ3v) is 4.68. The Kier molecular flexibility index (Phi) is 4.43. The van der Waals surface area contributed by atoms with Crippen LogP contribution in [0, 0.1) is 12.8 Å². The number of benzene rings is 1. The largest absolute Gasteiger partial charge is 0.480 e. The van der Waals surface area contributed by atoms with Crippen molar-refractivity contribution in [3.63, 3.8) is 0 Å². The van der Waals surface area contributed by atoms with Crippen LogP contribution in [-0.4, -0.2) is 28.0 Å². The summed E-state index contributed by atoms with van der Waals surface area (Å²) < 4.78 is 0. The van der Waals surface area contributed by atoms with Crippen LogP contribution in [0.4, 0.5) is 0 Å². The lowest BCUT2D eigenvalue weighted by molar-refractivity contribution is -0.139.